The minimum absolute atomic E-state index is 0.211. The number of anilines is 1. The lowest BCUT2D eigenvalue weighted by Gasteiger charge is -2.19. The first kappa shape index (κ1) is 14.4. The molecular weight excluding hydrogens is 236 g/mol. The van der Waals surface area contributed by atoms with Gasteiger partial charge in [-0.15, -0.1) is 0 Å². The number of nitrogen functional groups attached to an aromatic ring is 1. The van der Waals surface area contributed by atoms with Crippen molar-refractivity contribution >= 4 is 11.7 Å². The Hall–Kier alpha value is -1.63. The van der Waals surface area contributed by atoms with Crippen molar-refractivity contribution in [1.29, 1.82) is 0 Å². The van der Waals surface area contributed by atoms with Gasteiger partial charge in [-0.05, 0) is 25.2 Å². The number of hydrogen-bond acceptors (Lipinski definition) is 6. The maximum Gasteiger partial charge on any atom is 0.337 e. The van der Waals surface area contributed by atoms with Gasteiger partial charge in [-0.2, -0.15) is 0 Å². The van der Waals surface area contributed by atoms with Crippen molar-refractivity contribution < 1.29 is 19.7 Å². The van der Waals surface area contributed by atoms with Crippen molar-refractivity contribution in [3.63, 3.8) is 0 Å². The van der Waals surface area contributed by atoms with Crippen LogP contribution >= 0.6 is 0 Å². The van der Waals surface area contributed by atoms with Crippen molar-refractivity contribution in [3.05, 3.63) is 29.3 Å². The Morgan fingerprint density at radius 1 is 1.50 bits per heavy atom. The molecule has 0 fully saturated rings. The summed E-state index contributed by atoms with van der Waals surface area (Å²) in [6.07, 6.45) is -2.17. The van der Waals surface area contributed by atoms with E-state index in [0.29, 0.717) is 11.3 Å². The van der Waals surface area contributed by atoms with Gasteiger partial charge in [-0.25, -0.2) is 4.79 Å². The van der Waals surface area contributed by atoms with Crippen LogP contribution in [0.2, 0.25) is 0 Å². The summed E-state index contributed by atoms with van der Waals surface area (Å²) >= 11 is 0. The van der Waals surface area contributed by atoms with E-state index in [2.05, 4.69) is 10.1 Å². The van der Waals surface area contributed by atoms with Gasteiger partial charge in [-0.1, -0.05) is 0 Å². The topological polar surface area (TPSA) is 105 Å². The van der Waals surface area contributed by atoms with Crippen molar-refractivity contribution in [3.8, 4) is 0 Å². The smallest absolute Gasteiger partial charge is 0.337 e. The largest absolute Gasteiger partial charge is 0.465 e. The second-order valence-electron chi connectivity index (χ2n) is 3.91. The number of likely N-dealkylation sites (N-methyl/N-ethyl adjacent to an activating group) is 1. The highest BCUT2D eigenvalue weighted by atomic mass is 16.5. The Morgan fingerprint density at radius 2 is 2.17 bits per heavy atom. The first-order valence-corrected chi connectivity index (χ1v) is 5.49. The molecule has 0 aliphatic carbocycles. The molecule has 0 saturated heterocycles. The second-order valence-corrected chi connectivity index (χ2v) is 3.91. The Bertz CT molecular complexity index is 423. The molecule has 5 N–H and O–H groups in total. The predicted molar refractivity (Wildman–Crippen MR) is 67.1 cm³/mol. The van der Waals surface area contributed by atoms with Crippen LogP contribution in [0, 0.1) is 0 Å². The molecule has 18 heavy (non-hydrogen) atoms. The van der Waals surface area contributed by atoms with Crippen LogP contribution in [0.5, 0.6) is 0 Å². The zero-order valence-electron chi connectivity index (χ0n) is 10.4. The Balaban J connectivity index is 3.03. The van der Waals surface area contributed by atoms with Gasteiger partial charge < -0.3 is 26.0 Å². The molecule has 0 aliphatic rings. The number of nitrogens with two attached hydrogens (primary N) is 1. The summed E-state index contributed by atoms with van der Waals surface area (Å²) in [4.78, 5) is 11.4. The normalized spacial score (nSPS) is 14.0. The Labute approximate surface area is 105 Å². The van der Waals surface area contributed by atoms with Crippen LogP contribution in [-0.2, 0) is 4.74 Å². The molecule has 0 heterocycles. The van der Waals surface area contributed by atoms with Gasteiger partial charge in [0.1, 0.15) is 6.10 Å². The first-order chi connectivity index (χ1) is 8.51. The van der Waals surface area contributed by atoms with Gasteiger partial charge in [0.25, 0.3) is 0 Å². The summed E-state index contributed by atoms with van der Waals surface area (Å²) in [5, 5.41) is 22.4. The first-order valence-electron chi connectivity index (χ1n) is 5.49. The molecule has 0 saturated carbocycles. The average molecular weight is 254 g/mol. The van der Waals surface area contributed by atoms with Crippen molar-refractivity contribution in [2.45, 2.75) is 12.2 Å². The van der Waals surface area contributed by atoms with Crippen LogP contribution in [0.4, 0.5) is 5.69 Å². The summed E-state index contributed by atoms with van der Waals surface area (Å²) in [6, 6.07) is 4.42. The summed E-state index contributed by atoms with van der Waals surface area (Å²) in [7, 11) is 2.93. The fourth-order valence-corrected chi connectivity index (χ4v) is 1.60. The molecule has 0 aliphatic heterocycles. The zero-order valence-corrected chi connectivity index (χ0v) is 10.4. The minimum atomic E-state index is -1.16. The summed E-state index contributed by atoms with van der Waals surface area (Å²) in [5.41, 5.74) is 6.61. The van der Waals surface area contributed by atoms with Gasteiger partial charge in [0, 0.05) is 17.8 Å². The van der Waals surface area contributed by atoms with E-state index in [9.17, 15) is 15.0 Å². The lowest BCUT2D eigenvalue weighted by molar-refractivity contribution is 0.0205. The molecule has 100 valence electrons. The maximum absolute atomic E-state index is 11.4. The number of aliphatic hydroxyl groups is 2. The number of benzene rings is 1. The van der Waals surface area contributed by atoms with E-state index in [1.54, 1.807) is 7.05 Å². The highest BCUT2D eigenvalue weighted by Gasteiger charge is 2.21. The number of carbonyl (C=O) groups excluding carboxylic acids is 1. The van der Waals surface area contributed by atoms with Gasteiger partial charge in [0.2, 0.25) is 0 Å². The number of esters is 1. The summed E-state index contributed by atoms with van der Waals surface area (Å²) in [5.74, 6) is -0.522. The third-order valence-electron chi connectivity index (χ3n) is 2.60. The van der Waals surface area contributed by atoms with E-state index < -0.39 is 18.2 Å². The lowest BCUT2D eigenvalue weighted by atomic mass is 10.00. The molecule has 6 heteroatoms. The third kappa shape index (κ3) is 3.19. The second kappa shape index (κ2) is 6.34. The number of methoxy groups -OCH3 is 1. The zero-order chi connectivity index (χ0) is 13.7. The molecule has 1 aromatic carbocycles. The quantitative estimate of drug-likeness (QED) is 0.423. The molecule has 0 amide bonds. The molecular formula is C12H18N2O4. The monoisotopic (exact) mass is 254 g/mol. The summed E-state index contributed by atoms with van der Waals surface area (Å²) in [6.45, 7) is 0.211. The SMILES string of the molecule is CNCC(O)C(O)c1cc(C(=O)OC)ccc1N. The van der Waals surface area contributed by atoms with Gasteiger partial charge >= 0.3 is 5.97 Å². The lowest BCUT2D eigenvalue weighted by Crippen LogP contribution is -2.30. The van der Waals surface area contributed by atoms with Crippen LogP contribution in [0.3, 0.4) is 0 Å². The Morgan fingerprint density at radius 3 is 2.72 bits per heavy atom. The number of aliphatic hydroxyl groups excluding tert-OH is 2. The molecule has 2 unspecified atom stereocenters. The van der Waals surface area contributed by atoms with Crippen LogP contribution in [0.1, 0.15) is 22.0 Å². The van der Waals surface area contributed by atoms with Gasteiger partial charge in [0.05, 0.1) is 18.8 Å². The van der Waals surface area contributed by atoms with Crippen molar-refractivity contribution in [1.82, 2.24) is 5.32 Å². The van der Waals surface area contributed by atoms with E-state index >= 15 is 0 Å². The molecule has 6 nitrogen and oxygen atoms in total. The molecule has 0 bridgehead atoms. The van der Waals surface area contributed by atoms with E-state index in [0.717, 1.165) is 0 Å². The highest BCUT2D eigenvalue weighted by molar-refractivity contribution is 5.90. The van der Waals surface area contributed by atoms with Crippen LogP contribution in [-0.4, -0.2) is 43.0 Å². The fraction of sp³-hybridized carbons (Fsp3) is 0.417. The summed E-state index contributed by atoms with van der Waals surface area (Å²) < 4.78 is 4.58. The number of hydrogen-bond donors (Lipinski definition) is 4. The van der Waals surface area contributed by atoms with Gasteiger partial charge in [0.15, 0.2) is 0 Å². The van der Waals surface area contributed by atoms with E-state index in [1.165, 1.54) is 25.3 Å². The Kier molecular flexibility index (Phi) is 5.08. The highest BCUT2D eigenvalue weighted by Crippen LogP contribution is 2.24. The maximum atomic E-state index is 11.4. The predicted octanol–water partition coefficient (Wildman–Crippen LogP) is -0.331. The number of carbonyl (C=O) groups is 1. The molecule has 0 radical (unpaired) electrons. The van der Waals surface area contributed by atoms with Crippen molar-refractivity contribution in [2.24, 2.45) is 0 Å². The molecule has 0 spiro atoms. The van der Waals surface area contributed by atoms with Crippen LogP contribution < -0.4 is 11.1 Å². The average Bonchev–Trinajstić information content (AvgIpc) is 2.37. The van der Waals surface area contributed by atoms with Gasteiger partial charge in [-0.3, -0.25) is 0 Å². The standard InChI is InChI=1S/C12H18N2O4/c1-14-6-10(15)11(16)8-5-7(12(17)18-2)3-4-9(8)13/h3-5,10-11,14-16H,6,13H2,1-2H3. The molecule has 1 rings (SSSR count). The van der Waals surface area contributed by atoms with Crippen molar-refractivity contribution in [2.75, 3.05) is 26.4 Å². The molecule has 0 aromatic heterocycles. The molecule has 2 atom stereocenters. The van der Waals surface area contributed by atoms with E-state index in [-0.39, 0.29) is 12.1 Å². The molecule has 1 aromatic rings. The fourth-order valence-electron chi connectivity index (χ4n) is 1.60. The van der Waals surface area contributed by atoms with E-state index in [1.807, 2.05) is 0 Å². The number of ether oxygens (including phenoxy) is 1. The minimum Gasteiger partial charge on any atom is -0.465 e. The van der Waals surface area contributed by atoms with E-state index in [4.69, 9.17) is 5.73 Å². The third-order valence-corrected chi connectivity index (χ3v) is 2.60. The van der Waals surface area contributed by atoms with Crippen LogP contribution in [0.25, 0.3) is 0 Å². The number of rotatable bonds is 5. The van der Waals surface area contributed by atoms with Crippen LogP contribution in [0.15, 0.2) is 18.2 Å². The number of nitrogens with one attached hydrogen (secondary N) is 1.